The van der Waals surface area contributed by atoms with E-state index in [1.807, 2.05) is 12.1 Å². The van der Waals surface area contributed by atoms with E-state index in [4.69, 9.17) is 0 Å². The molecular weight excluding hydrogens is 492 g/mol. The Bertz CT molecular complexity index is 628. The second-order valence-electron chi connectivity index (χ2n) is 3.67. The van der Waals surface area contributed by atoms with Crippen LogP contribution in [-0.4, -0.2) is 5.91 Å². The Morgan fingerprint density at radius 3 is 2.53 bits per heavy atom. The molecule has 0 aliphatic carbocycles. The Morgan fingerprint density at radius 1 is 1.16 bits per heavy atom. The lowest BCUT2D eigenvalue weighted by Crippen LogP contribution is -2.14. The van der Waals surface area contributed by atoms with Gasteiger partial charge in [0.25, 0.3) is 5.91 Å². The number of rotatable bonds is 2. The fraction of sp³-hybridized carbons (Fsp3) is 0. The van der Waals surface area contributed by atoms with E-state index in [0.29, 0.717) is 10.2 Å². The summed E-state index contributed by atoms with van der Waals surface area (Å²) >= 11 is 8.71. The van der Waals surface area contributed by atoms with Gasteiger partial charge in [-0.25, -0.2) is 4.39 Å². The van der Waals surface area contributed by atoms with Gasteiger partial charge in [-0.05, 0) is 84.8 Å². The molecule has 2 nitrogen and oxygen atoms in total. The van der Waals surface area contributed by atoms with Crippen LogP contribution in [0.2, 0.25) is 0 Å². The maximum atomic E-state index is 13.7. The van der Waals surface area contributed by atoms with E-state index in [1.54, 1.807) is 12.1 Å². The van der Waals surface area contributed by atoms with Crippen LogP contribution in [0.5, 0.6) is 0 Å². The highest BCUT2D eigenvalue weighted by Gasteiger charge is 2.16. The van der Waals surface area contributed by atoms with Crippen molar-refractivity contribution in [3.05, 3.63) is 60.3 Å². The normalized spacial score (nSPS) is 10.3. The minimum Gasteiger partial charge on any atom is -0.321 e. The maximum Gasteiger partial charge on any atom is 0.259 e. The van der Waals surface area contributed by atoms with Crippen molar-refractivity contribution in [2.24, 2.45) is 0 Å². The largest absolute Gasteiger partial charge is 0.321 e. The van der Waals surface area contributed by atoms with Crippen molar-refractivity contribution in [3.8, 4) is 0 Å². The Labute approximate surface area is 140 Å². The molecule has 0 unspecified atom stereocenters. The summed E-state index contributed by atoms with van der Waals surface area (Å²) < 4.78 is 15.9. The predicted octanol–water partition coefficient (Wildman–Crippen LogP) is 5.21. The van der Waals surface area contributed by atoms with Crippen molar-refractivity contribution in [3.63, 3.8) is 0 Å². The van der Waals surface area contributed by atoms with Gasteiger partial charge in [0, 0.05) is 12.5 Å². The molecule has 0 fully saturated rings. The molecule has 1 amide bonds. The standard InChI is InChI=1S/C13H7Br2FINO/c14-8-2-1-3-10(16)12(8)13(19)18-11-5-4-7(17)6-9(11)15/h1-6H,(H,18,19). The average molecular weight is 499 g/mol. The smallest absolute Gasteiger partial charge is 0.259 e. The zero-order chi connectivity index (χ0) is 14.0. The lowest BCUT2D eigenvalue weighted by Gasteiger charge is -2.09. The Kier molecular flexibility index (Phi) is 4.97. The number of anilines is 1. The Hall–Kier alpha value is -0.470. The Morgan fingerprint density at radius 2 is 1.89 bits per heavy atom. The minimum atomic E-state index is -0.562. The molecule has 2 aromatic rings. The van der Waals surface area contributed by atoms with Gasteiger partial charge in [-0.2, -0.15) is 0 Å². The third kappa shape index (κ3) is 3.55. The highest BCUT2D eigenvalue weighted by atomic mass is 127. The van der Waals surface area contributed by atoms with Crippen LogP contribution in [0.1, 0.15) is 10.4 Å². The summed E-state index contributed by atoms with van der Waals surface area (Å²) in [6.45, 7) is 0. The van der Waals surface area contributed by atoms with Gasteiger partial charge in [0.1, 0.15) is 5.82 Å². The van der Waals surface area contributed by atoms with Crippen LogP contribution in [0, 0.1) is 9.39 Å². The first kappa shape index (κ1) is 14.9. The molecule has 0 saturated heterocycles. The first-order chi connectivity index (χ1) is 8.99. The van der Waals surface area contributed by atoms with Crippen molar-refractivity contribution in [2.45, 2.75) is 0 Å². The molecule has 0 spiro atoms. The molecule has 0 heterocycles. The molecule has 1 N–H and O–H groups in total. The van der Waals surface area contributed by atoms with Gasteiger partial charge in [-0.15, -0.1) is 0 Å². The van der Waals surface area contributed by atoms with E-state index >= 15 is 0 Å². The fourth-order valence-corrected chi connectivity index (χ4v) is 3.41. The molecule has 0 saturated carbocycles. The molecule has 0 bridgehead atoms. The molecule has 0 aliphatic rings. The molecule has 2 rings (SSSR count). The third-order valence-electron chi connectivity index (χ3n) is 2.37. The van der Waals surface area contributed by atoms with E-state index < -0.39 is 11.7 Å². The summed E-state index contributed by atoms with van der Waals surface area (Å²) in [5.41, 5.74) is 0.591. The van der Waals surface area contributed by atoms with Crippen LogP contribution in [0.15, 0.2) is 45.3 Å². The van der Waals surface area contributed by atoms with Crippen molar-refractivity contribution in [1.82, 2.24) is 0 Å². The van der Waals surface area contributed by atoms with Crippen LogP contribution >= 0.6 is 54.5 Å². The SMILES string of the molecule is O=C(Nc1ccc(I)cc1Br)c1c(F)cccc1Br. The van der Waals surface area contributed by atoms with E-state index in [0.717, 1.165) is 8.04 Å². The first-order valence-corrected chi connectivity index (χ1v) is 7.86. The molecule has 2 aromatic carbocycles. The quantitative estimate of drug-likeness (QED) is 0.566. The third-order valence-corrected chi connectivity index (χ3v) is 4.36. The number of hydrogen-bond donors (Lipinski definition) is 1. The number of carbonyl (C=O) groups is 1. The highest BCUT2D eigenvalue weighted by molar-refractivity contribution is 14.1. The Balaban J connectivity index is 2.31. The second-order valence-corrected chi connectivity index (χ2v) is 6.63. The van der Waals surface area contributed by atoms with Crippen LogP contribution in [0.4, 0.5) is 10.1 Å². The van der Waals surface area contributed by atoms with Gasteiger partial charge in [-0.1, -0.05) is 6.07 Å². The number of halogens is 4. The maximum absolute atomic E-state index is 13.7. The van der Waals surface area contributed by atoms with Gasteiger partial charge in [0.05, 0.1) is 11.3 Å². The monoisotopic (exact) mass is 497 g/mol. The second kappa shape index (κ2) is 6.32. The summed E-state index contributed by atoms with van der Waals surface area (Å²) in [4.78, 5) is 12.1. The zero-order valence-electron chi connectivity index (χ0n) is 9.38. The van der Waals surface area contributed by atoms with Gasteiger partial charge in [0.15, 0.2) is 0 Å². The van der Waals surface area contributed by atoms with E-state index in [9.17, 15) is 9.18 Å². The summed E-state index contributed by atoms with van der Waals surface area (Å²) in [6.07, 6.45) is 0. The zero-order valence-corrected chi connectivity index (χ0v) is 14.7. The minimum absolute atomic E-state index is 0.00653. The highest BCUT2D eigenvalue weighted by Crippen LogP contribution is 2.26. The summed E-state index contributed by atoms with van der Waals surface area (Å²) in [5.74, 6) is -1.06. The molecule has 98 valence electrons. The predicted molar refractivity (Wildman–Crippen MR) is 88.9 cm³/mol. The van der Waals surface area contributed by atoms with Crippen LogP contribution in [-0.2, 0) is 0 Å². The van der Waals surface area contributed by atoms with E-state index in [-0.39, 0.29) is 5.56 Å². The molecule has 0 atom stereocenters. The molecule has 0 aromatic heterocycles. The summed E-state index contributed by atoms with van der Waals surface area (Å²) in [6, 6.07) is 9.91. The number of nitrogens with one attached hydrogen (secondary N) is 1. The van der Waals surface area contributed by atoms with Crippen molar-refractivity contribution in [2.75, 3.05) is 5.32 Å². The van der Waals surface area contributed by atoms with Crippen LogP contribution in [0.25, 0.3) is 0 Å². The molecule has 6 heteroatoms. The topological polar surface area (TPSA) is 29.1 Å². The van der Waals surface area contributed by atoms with Gasteiger partial charge in [-0.3, -0.25) is 4.79 Å². The molecule has 0 radical (unpaired) electrons. The van der Waals surface area contributed by atoms with Gasteiger partial charge >= 0.3 is 0 Å². The molecule has 19 heavy (non-hydrogen) atoms. The fourth-order valence-electron chi connectivity index (χ4n) is 1.49. The number of hydrogen-bond acceptors (Lipinski definition) is 1. The van der Waals surface area contributed by atoms with Gasteiger partial charge < -0.3 is 5.32 Å². The first-order valence-electron chi connectivity index (χ1n) is 5.19. The number of amides is 1. The van der Waals surface area contributed by atoms with Crippen molar-refractivity contribution in [1.29, 1.82) is 0 Å². The molecule has 0 aliphatic heterocycles. The average Bonchev–Trinajstić information content (AvgIpc) is 2.32. The van der Waals surface area contributed by atoms with Crippen molar-refractivity contribution < 1.29 is 9.18 Å². The van der Waals surface area contributed by atoms with Gasteiger partial charge in [0.2, 0.25) is 0 Å². The van der Waals surface area contributed by atoms with E-state index in [2.05, 4.69) is 59.8 Å². The van der Waals surface area contributed by atoms with Crippen LogP contribution < -0.4 is 5.32 Å². The summed E-state index contributed by atoms with van der Waals surface area (Å²) in [5, 5.41) is 2.68. The number of benzene rings is 2. The number of carbonyl (C=O) groups excluding carboxylic acids is 1. The lowest BCUT2D eigenvalue weighted by molar-refractivity contribution is 0.102. The summed E-state index contributed by atoms with van der Waals surface area (Å²) in [7, 11) is 0. The lowest BCUT2D eigenvalue weighted by atomic mass is 10.2. The molecular formula is C13H7Br2FINO. The van der Waals surface area contributed by atoms with Crippen molar-refractivity contribution >= 4 is 66.0 Å². The van der Waals surface area contributed by atoms with Crippen LogP contribution in [0.3, 0.4) is 0 Å². The van der Waals surface area contributed by atoms with E-state index in [1.165, 1.54) is 12.1 Å².